The number of esters is 1. The number of ether oxygens (including phenoxy) is 4. The third kappa shape index (κ3) is 2.14. The molecule has 6 nitrogen and oxygen atoms in total. The van der Waals surface area contributed by atoms with Gasteiger partial charge in [0.25, 0.3) is 0 Å². The van der Waals surface area contributed by atoms with Crippen molar-refractivity contribution >= 4 is 11.8 Å². The minimum atomic E-state index is -1.21. The summed E-state index contributed by atoms with van der Waals surface area (Å²) in [7, 11) is 1.56. The van der Waals surface area contributed by atoms with Crippen LogP contribution in [0.4, 0.5) is 0 Å². The molecule has 0 spiro atoms. The van der Waals surface area contributed by atoms with Gasteiger partial charge in [-0.25, -0.2) is 0 Å². The average Bonchev–Trinajstić information content (AvgIpc) is 3.16. The van der Waals surface area contributed by atoms with Crippen LogP contribution in [-0.2, 0) is 28.5 Å². The lowest BCUT2D eigenvalue weighted by atomic mass is 9.66. The summed E-state index contributed by atoms with van der Waals surface area (Å²) >= 11 is 0. The van der Waals surface area contributed by atoms with E-state index in [1.165, 1.54) is 0 Å². The second-order valence-electron chi connectivity index (χ2n) is 8.71. The van der Waals surface area contributed by atoms with E-state index in [4.69, 9.17) is 18.9 Å². The second-order valence-corrected chi connectivity index (χ2v) is 8.71. The predicted octanol–water partition coefficient (Wildman–Crippen LogP) is 2.91. The second kappa shape index (κ2) is 5.67. The molecular weight excluding hydrogens is 348 g/mol. The molecular formula is C21H28O6. The fraction of sp³-hybridized carbons (Fsp3) is 0.714. The van der Waals surface area contributed by atoms with Gasteiger partial charge in [0.2, 0.25) is 11.6 Å². The summed E-state index contributed by atoms with van der Waals surface area (Å²) in [5.41, 5.74) is -1.14. The lowest BCUT2D eigenvalue weighted by molar-refractivity contribution is -0.234. The SMILES string of the molecule is CC=C(C)C1(OC)OC2CC3(C)OC(=CC3=O)C(C)CC3OC(=O)C1(C)C32. The van der Waals surface area contributed by atoms with Crippen molar-refractivity contribution in [3.8, 4) is 0 Å². The Bertz CT molecular complexity index is 769. The van der Waals surface area contributed by atoms with Crippen LogP contribution in [0.3, 0.4) is 0 Å². The Hall–Kier alpha value is -1.66. The largest absolute Gasteiger partial charge is 0.483 e. The van der Waals surface area contributed by atoms with E-state index in [0.29, 0.717) is 18.6 Å². The van der Waals surface area contributed by atoms with Gasteiger partial charge < -0.3 is 18.9 Å². The predicted molar refractivity (Wildman–Crippen MR) is 96.5 cm³/mol. The zero-order chi connectivity index (χ0) is 19.8. The van der Waals surface area contributed by atoms with Crippen molar-refractivity contribution in [3.05, 3.63) is 23.5 Å². The number of methoxy groups -OCH3 is 1. The molecule has 3 fully saturated rings. The van der Waals surface area contributed by atoms with Gasteiger partial charge in [-0.1, -0.05) is 13.0 Å². The van der Waals surface area contributed by atoms with E-state index in [1.807, 2.05) is 33.8 Å². The van der Waals surface area contributed by atoms with Crippen LogP contribution in [0.2, 0.25) is 0 Å². The smallest absolute Gasteiger partial charge is 0.318 e. The molecule has 0 aromatic rings. The fourth-order valence-electron chi connectivity index (χ4n) is 5.55. The van der Waals surface area contributed by atoms with Crippen molar-refractivity contribution in [3.63, 3.8) is 0 Å². The molecule has 0 aliphatic carbocycles. The summed E-state index contributed by atoms with van der Waals surface area (Å²) in [5, 5.41) is 0. The first-order valence-electron chi connectivity index (χ1n) is 9.65. The molecule has 0 saturated carbocycles. The van der Waals surface area contributed by atoms with E-state index in [2.05, 4.69) is 0 Å². The van der Waals surface area contributed by atoms with E-state index in [0.717, 1.165) is 5.57 Å². The summed E-state index contributed by atoms with van der Waals surface area (Å²) < 4.78 is 24.4. The van der Waals surface area contributed by atoms with Crippen LogP contribution >= 0.6 is 0 Å². The normalized spacial score (nSPS) is 49.0. The van der Waals surface area contributed by atoms with Crippen LogP contribution in [0.5, 0.6) is 0 Å². The standard InChI is InChI=1S/C21H28O6/c1-7-12(3)21(24-6)20(5)17-14(25-18(20)23)8-11(2)13-9-16(22)19(4,26-13)10-15(17)27-21/h7,9,11,14-15,17H,8,10H2,1-6H3. The van der Waals surface area contributed by atoms with Crippen molar-refractivity contribution in [2.45, 2.75) is 71.1 Å². The Morgan fingerprint density at radius 2 is 2.00 bits per heavy atom. The Morgan fingerprint density at radius 1 is 1.30 bits per heavy atom. The van der Waals surface area contributed by atoms with Gasteiger partial charge in [-0.2, -0.15) is 0 Å². The van der Waals surface area contributed by atoms with Crippen LogP contribution in [0.15, 0.2) is 23.5 Å². The highest BCUT2D eigenvalue weighted by atomic mass is 16.7. The molecule has 6 heteroatoms. The summed E-state index contributed by atoms with van der Waals surface area (Å²) in [6.07, 6.45) is 3.75. The lowest BCUT2D eigenvalue weighted by Crippen LogP contribution is -2.51. The molecule has 4 aliphatic rings. The average molecular weight is 376 g/mol. The molecule has 7 unspecified atom stereocenters. The van der Waals surface area contributed by atoms with Gasteiger partial charge in [0.1, 0.15) is 17.3 Å². The van der Waals surface area contributed by atoms with Crippen LogP contribution in [0.25, 0.3) is 0 Å². The van der Waals surface area contributed by atoms with E-state index < -0.39 is 22.9 Å². The molecule has 4 heterocycles. The monoisotopic (exact) mass is 376 g/mol. The van der Waals surface area contributed by atoms with Crippen molar-refractivity contribution in [2.75, 3.05) is 7.11 Å². The first-order chi connectivity index (χ1) is 12.6. The summed E-state index contributed by atoms with van der Waals surface area (Å²) in [5.74, 6) is -1.11. The number of fused-ring (bicyclic) bond motifs is 2. The highest BCUT2D eigenvalue weighted by Gasteiger charge is 2.75. The fourth-order valence-corrected chi connectivity index (χ4v) is 5.55. The van der Waals surface area contributed by atoms with E-state index in [9.17, 15) is 9.59 Å². The number of rotatable bonds is 2. The molecule has 148 valence electrons. The Labute approximate surface area is 159 Å². The van der Waals surface area contributed by atoms with Gasteiger partial charge in [-0.3, -0.25) is 9.59 Å². The van der Waals surface area contributed by atoms with Crippen molar-refractivity contribution in [1.82, 2.24) is 0 Å². The molecule has 0 aromatic heterocycles. The van der Waals surface area contributed by atoms with Crippen LogP contribution < -0.4 is 0 Å². The number of carbonyl (C=O) groups is 2. The number of carbonyl (C=O) groups excluding carboxylic acids is 2. The maximum atomic E-state index is 13.1. The van der Waals surface area contributed by atoms with Gasteiger partial charge in [-0.05, 0) is 39.7 Å². The molecule has 4 rings (SSSR count). The summed E-state index contributed by atoms with van der Waals surface area (Å²) in [6, 6.07) is 0. The van der Waals surface area contributed by atoms with E-state index in [-0.39, 0.29) is 29.7 Å². The Balaban J connectivity index is 1.87. The summed E-state index contributed by atoms with van der Waals surface area (Å²) in [6.45, 7) is 9.49. The third-order valence-corrected chi connectivity index (χ3v) is 7.19. The van der Waals surface area contributed by atoms with E-state index >= 15 is 0 Å². The van der Waals surface area contributed by atoms with Crippen LogP contribution in [0.1, 0.15) is 47.5 Å². The van der Waals surface area contributed by atoms with Gasteiger partial charge in [0, 0.05) is 31.4 Å². The molecule has 0 amide bonds. The van der Waals surface area contributed by atoms with Gasteiger partial charge >= 0.3 is 5.97 Å². The molecule has 4 aliphatic heterocycles. The molecule has 0 aromatic carbocycles. The first kappa shape index (κ1) is 18.7. The molecule has 0 radical (unpaired) electrons. The molecule has 7 atom stereocenters. The van der Waals surface area contributed by atoms with Crippen molar-refractivity contribution in [1.29, 1.82) is 0 Å². The lowest BCUT2D eigenvalue weighted by Gasteiger charge is -2.38. The van der Waals surface area contributed by atoms with Gasteiger partial charge in [-0.15, -0.1) is 0 Å². The quantitative estimate of drug-likeness (QED) is 0.545. The maximum Gasteiger partial charge on any atom is 0.318 e. The van der Waals surface area contributed by atoms with E-state index in [1.54, 1.807) is 20.1 Å². The van der Waals surface area contributed by atoms with Crippen LogP contribution in [-0.4, -0.2) is 42.5 Å². The zero-order valence-electron chi connectivity index (χ0n) is 16.8. The highest BCUT2D eigenvalue weighted by Crippen LogP contribution is 2.62. The molecule has 3 saturated heterocycles. The number of allylic oxidation sites excluding steroid dienone is 2. The Morgan fingerprint density at radius 3 is 2.63 bits per heavy atom. The number of ketones is 1. The molecule has 2 bridgehead atoms. The Kier molecular flexibility index (Phi) is 3.93. The van der Waals surface area contributed by atoms with Crippen LogP contribution in [0, 0.1) is 17.3 Å². The topological polar surface area (TPSA) is 71.1 Å². The highest BCUT2D eigenvalue weighted by molar-refractivity contribution is 5.99. The van der Waals surface area contributed by atoms with Gasteiger partial charge in [0.15, 0.2) is 5.60 Å². The molecule has 0 N–H and O–H groups in total. The van der Waals surface area contributed by atoms with Crippen molar-refractivity contribution in [2.24, 2.45) is 17.3 Å². The zero-order valence-corrected chi connectivity index (χ0v) is 16.8. The minimum Gasteiger partial charge on any atom is -0.483 e. The first-order valence-corrected chi connectivity index (χ1v) is 9.65. The third-order valence-electron chi connectivity index (χ3n) is 7.19. The summed E-state index contributed by atoms with van der Waals surface area (Å²) in [4.78, 5) is 25.8. The van der Waals surface area contributed by atoms with Crippen molar-refractivity contribution < 1.29 is 28.5 Å². The molecule has 27 heavy (non-hydrogen) atoms. The maximum absolute atomic E-state index is 13.1. The van der Waals surface area contributed by atoms with Gasteiger partial charge in [0.05, 0.1) is 6.10 Å². The minimum absolute atomic E-state index is 0.0185. The number of hydrogen-bond donors (Lipinski definition) is 0. The number of hydrogen-bond acceptors (Lipinski definition) is 6.